The third kappa shape index (κ3) is 4.42. The van der Waals surface area contributed by atoms with Gasteiger partial charge < -0.3 is 9.94 Å². The van der Waals surface area contributed by atoms with Gasteiger partial charge in [-0.1, -0.05) is 47.6 Å². The third-order valence-corrected chi connectivity index (χ3v) is 1.60. The maximum Gasteiger partial charge on any atom is 0.0856 e. The number of nitrogens with zero attached hydrogens (tertiary/aromatic N) is 1. The molecule has 3 heteroatoms. The molecule has 0 aromatic heterocycles. The summed E-state index contributed by atoms with van der Waals surface area (Å²) < 4.78 is 5.10. The van der Waals surface area contributed by atoms with Gasteiger partial charge in [-0.25, -0.2) is 0 Å². The minimum Gasteiger partial charge on any atom is -0.411 e. The molecule has 74 valence electrons. The maximum absolute atomic E-state index is 8.07. The van der Waals surface area contributed by atoms with E-state index in [-0.39, 0.29) is 0 Å². The van der Waals surface area contributed by atoms with Crippen molar-refractivity contribution in [1.29, 1.82) is 0 Å². The second-order valence-corrected chi connectivity index (χ2v) is 2.65. The van der Waals surface area contributed by atoms with E-state index in [4.69, 9.17) is 9.94 Å². The van der Waals surface area contributed by atoms with E-state index in [0.29, 0.717) is 13.2 Å². The largest absolute Gasteiger partial charge is 0.411 e. The van der Waals surface area contributed by atoms with Crippen LogP contribution in [0, 0.1) is 0 Å². The Labute approximate surface area is 83.3 Å². The van der Waals surface area contributed by atoms with Crippen LogP contribution in [0.3, 0.4) is 0 Å². The molecule has 0 unspecified atom stereocenters. The lowest BCUT2D eigenvalue weighted by Gasteiger charge is -1.94. The van der Waals surface area contributed by atoms with E-state index in [1.54, 1.807) is 0 Å². The minimum absolute atomic E-state index is 0.329. The van der Waals surface area contributed by atoms with Gasteiger partial charge in [-0.2, -0.15) is 0 Å². The van der Waals surface area contributed by atoms with Gasteiger partial charge in [0.15, 0.2) is 0 Å². The molecule has 0 heterocycles. The summed E-state index contributed by atoms with van der Waals surface area (Å²) in [7, 11) is 0. The molecule has 0 spiro atoms. The average Bonchev–Trinajstić information content (AvgIpc) is 2.25. The van der Waals surface area contributed by atoms with Crippen molar-refractivity contribution in [3.8, 4) is 0 Å². The second kappa shape index (κ2) is 6.86. The Balaban J connectivity index is 2.21. The first-order valence-electron chi connectivity index (χ1n) is 4.38. The number of benzene rings is 1. The number of rotatable bonds is 5. The SMILES string of the molecule is O/N=C/COC/C=C/c1ccccc1. The molecule has 0 fully saturated rings. The first kappa shape index (κ1) is 10.5. The van der Waals surface area contributed by atoms with E-state index in [2.05, 4.69) is 5.16 Å². The Bertz CT molecular complexity index is 293. The normalized spacial score (nSPS) is 11.4. The smallest absolute Gasteiger partial charge is 0.0856 e. The molecule has 1 N–H and O–H groups in total. The van der Waals surface area contributed by atoms with Gasteiger partial charge in [-0.3, -0.25) is 0 Å². The predicted molar refractivity (Wildman–Crippen MR) is 56.6 cm³/mol. The van der Waals surface area contributed by atoms with Gasteiger partial charge in [0.25, 0.3) is 0 Å². The van der Waals surface area contributed by atoms with Gasteiger partial charge >= 0.3 is 0 Å². The van der Waals surface area contributed by atoms with Gasteiger partial charge in [0.05, 0.1) is 19.4 Å². The fraction of sp³-hybridized carbons (Fsp3) is 0.182. The third-order valence-electron chi connectivity index (χ3n) is 1.60. The number of ether oxygens (including phenoxy) is 1. The molecule has 0 radical (unpaired) electrons. The van der Waals surface area contributed by atoms with Crippen molar-refractivity contribution in [3.63, 3.8) is 0 Å². The first-order valence-corrected chi connectivity index (χ1v) is 4.38. The molecule has 0 saturated heterocycles. The lowest BCUT2D eigenvalue weighted by Crippen LogP contribution is -1.94. The molecule has 1 rings (SSSR count). The molecule has 14 heavy (non-hydrogen) atoms. The molecule has 0 aliphatic carbocycles. The van der Waals surface area contributed by atoms with Crippen molar-refractivity contribution in [1.82, 2.24) is 0 Å². The zero-order chi connectivity index (χ0) is 10.1. The Morgan fingerprint density at radius 3 is 2.71 bits per heavy atom. The van der Waals surface area contributed by atoms with Crippen molar-refractivity contribution in [2.24, 2.45) is 5.16 Å². The zero-order valence-corrected chi connectivity index (χ0v) is 7.84. The Morgan fingerprint density at radius 2 is 2.00 bits per heavy atom. The van der Waals surface area contributed by atoms with Crippen molar-refractivity contribution in [2.45, 2.75) is 0 Å². The van der Waals surface area contributed by atoms with Crippen LogP contribution in [-0.2, 0) is 4.74 Å². The monoisotopic (exact) mass is 191 g/mol. The fourth-order valence-electron chi connectivity index (χ4n) is 0.970. The van der Waals surface area contributed by atoms with Gasteiger partial charge in [0.2, 0.25) is 0 Å². The van der Waals surface area contributed by atoms with Gasteiger partial charge in [0, 0.05) is 0 Å². The van der Waals surface area contributed by atoms with E-state index >= 15 is 0 Å². The Morgan fingerprint density at radius 1 is 1.21 bits per heavy atom. The highest BCUT2D eigenvalue weighted by molar-refractivity contribution is 5.57. The predicted octanol–water partition coefficient (Wildman–Crippen LogP) is 2.18. The highest BCUT2D eigenvalue weighted by atomic mass is 16.5. The van der Waals surface area contributed by atoms with Crippen LogP contribution in [0.5, 0.6) is 0 Å². The molecule has 0 bridgehead atoms. The van der Waals surface area contributed by atoms with Crippen LogP contribution in [0.25, 0.3) is 6.08 Å². The molecule has 1 aromatic carbocycles. The molecule has 0 aliphatic heterocycles. The molecule has 3 nitrogen and oxygen atoms in total. The standard InChI is InChI=1S/C11H13NO2/c13-12-8-10-14-9-4-7-11-5-2-1-3-6-11/h1-8,13H,9-10H2/b7-4+,12-8+. The second-order valence-electron chi connectivity index (χ2n) is 2.65. The summed E-state index contributed by atoms with van der Waals surface area (Å²) in [6, 6.07) is 9.99. The number of oxime groups is 1. The molecule has 0 aliphatic rings. The van der Waals surface area contributed by atoms with Crippen LogP contribution in [0.1, 0.15) is 5.56 Å². The van der Waals surface area contributed by atoms with E-state index in [1.807, 2.05) is 42.5 Å². The van der Waals surface area contributed by atoms with Crippen LogP contribution >= 0.6 is 0 Å². The van der Waals surface area contributed by atoms with E-state index in [1.165, 1.54) is 6.21 Å². The minimum atomic E-state index is 0.329. The Kier molecular flexibility index (Phi) is 5.13. The van der Waals surface area contributed by atoms with Crippen LogP contribution in [0.2, 0.25) is 0 Å². The fourth-order valence-corrected chi connectivity index (χ4v) is 0.970. The van der Waals surface area contributed by atoms with Crippen molar-refractivity contribution in [3.05, 3.63) is 42.0 Å². The molecule has 0 saturated carbocycles. The maximum atomic E-state index is 8.07. The molecule has 1 aromatic rings. The van der Waals surface area contributed by atoms with E-state index in [9.17, 15) is 0 Å². The van der Waals surface area contributed by atoms with Gasteiger partial charge in [-0.15, -0.1) is 0 Å². The molecular weight excluding hydrogens is 178 g/mol. The molecular formula is C11H13NO2. The summed E-state index contributed by atoms with van der Waals surface area (Å²) in [6.45, 7) is 0.844. The first-order chi connectivity index (χ1) is 6.93. The van der Waals surface area contributed by atoms with Gasteiger partial charge in [-0.05, 0) is 5.56 Å². The molecule has 0 amide bonds. The summed E-state index contributed by atoms with van der Waals surface area (Å²) in [6.07, 6.45) is 5.20. The quantitative estimate of drug-likeness (QED) is 0.335. The summed E-state index contributed by atoms with van der Waals surface area (Å²) in [5, 5.41) is 10.9. The lowest BCUT2D eigenvalue weighted by atomic mass is 10.2. The lowest BCUT2D eigenvalue weighted by molar-refractivity contribution is 0.203. The zero-order valence-electron chi connectivity index (χ0n) is 7.84. The van der Waals surface area contributed by atoms with Crippen molar-refractivity contribution < 1.29 is 9.94 Å². The summed E-state index contributed by atoms with van der Waals surface area (Å²) in [5.41, 5.74) is 1.15. The van der Waals surface area contributed by atoms with Crippen LogP contribution in [-0.4, -0.2) is 24.6 Å². The van der Waals surface area contributed by atoms with Crippen molar-refractivity contribution in [2.75, 3.05) is 13.2 Å². The number of hydrogen-bond donors (Lipinski definition) is 1. The highest BCUT2D eigenvalue weighted by Crippen LogP contribution is 2.00. The highest BCUT2D eigenvalue weighted by Gasteiger charge is 1.82. The van der Waals surface area contributed by atoms with Gasteiger partial charge in [0.1, 0.15) is 0 Å². The summed E-state index contributed by atoms with van der Waals surface area (Å²) in [4.78, 5) is 0. The summed E-state index contributed by atoms with van der Waals surface area (Å²) in [5.74, 6) is 0. The Hall–Kier alpha value is -1.61. The summed E-state index contributed by atoms with van der Waals surface area (Å²) >= 11 is 0. The van der Waals surface area contributed by atoms with Crippen molar-refractivity contribution >= 4 is 12.3 Å². The van der Waals surface area contributed by atoms with Crippen LogP contribution in [0.15, 0.2) is 41.6 Å². The number of hydrogen-bond acceptors (Lipinski definition) is 3. The van der Waals surface area contributed by atoms with E-state index < -0.39 is 0 Å². The van der Waals surface area contributed by atoms with Crippen LogP contribution in [0.4, 0.5) is 0 Å². The average molecular weight is 191 g/mol. The molecule has 0 atom stereocenters. The van der Waals surface area contributed by atoms with E-state index in [0.717, 1.165) is 5.56 Å². The topological polar surface area (TPSA) is 41.8 Å². The van der Waals surface area contributed by atoms with Crippen LogP contribution < -0.4 is 0 Å².